The van der Waals surface area contributed by atoms with Crippen molar-refractivity contribution >= 4 is 23.4 Å². The number of carbonyl (C=O) groups is 1. The Bertz CT molecular complexity index is 542. The van der Waals surface area contributed by atoms with Gasteiger partial charge in [-0.25, -0.2) is 4.39 Å². The van der Waals surface area contributed by atoms with Crippen molar-refractivity contribution in [3.05, 3.63) is 66.0 Å². The van der Waals surface area contributed by atoms with Crippen molar-refractivity contribution in [1.29, 1.82) is 0 Å². The van der Waals surface area contributed by atoms with Crippen molar-refractivity contribution in [2.24, 2.45) is 0 Å². The maximum Gasteiger partial charge on any atom is 0.234 e. The van der Waals surface area contributed by atoms with E-state index in [9.17, 15) is 9.18 Å². The summed E-state index contributed by atoms with van der Waals surface area (Å²) in [4.78, 5) is 11.7. The third-order valence-corrected chi connectivity index (χ3v) is 3.70. The Morgan fingerprint density at radius 3 is 2.45 bits per heavy atom. The van der Waals surface area contributed by atoms with E-state index in [4.69, 9.17) is 0 Å². The minimum absolute atomic E-state index is 0.0605. The SMILES string of the molecule is O=C(CSCCc1ccccc1)Nc1ccc(F)cc1. The highest BCUT2D eigenvalue weighted by molar-refractivity contribution is 7.99. The van der Waals surface area contributed by atoms with Crippen LogP contribution in [0.5, 0.6) is 0 Å². The van der Waals surface area contributed by atoms with Crippen LogP contribution in [-0.4, -0.2) is 17.4 Å². The van der Waals surface area contributed by atoms with E-state index >= 15 is 0 Å². The lowest BCUT2D eigenvalue weighted by atomic mass is 10.2. The molecular formula is C16H16FNOS. The summed E-state index contributed by atoms with van der Waals surface area (Å²) in [6, 6.07) is 16.0. The third kappa shape index (κ3) is 5.05. The molecule has 4 heteroatoms. The fourth-order valence-electron chi connectivity index (χ4n) is 1.73. The zero-order valence-corrected chi connectivity index (χ0v) is 11.8. The summed E-state index contributed by atoms with van der Waals surface area (Å²) in [5.41, 5.74) is 1.90. The number of benzene rings is 2. The standard InChI is InChI=1S/C16H16FNOS/c17-14-6-8-15(9-7-14)18-16(19)12-20-11-10-13-4-2-1-3-5-13/h1-9H,10-12H2,(H,18,19). The van der Waals surface area contributed by atoms with Crippen LogP contribution in [0.1, 0.15) is 5.56 Å². The van der Waals surface area contributed by atoms with Crippen LogP contribution in [0.4, 0.5) is 10.1 Å². The van der Waals surface area contributed by atoms with Gasteiger partial charge in [-0.05, 0) is 42.0 Å². The molecule has 0 aliphatic rings. The predicted octanol–water partition coefficient (Wildman–Crippen LogP) is 3.74. The second-order valence-corrected chi connectivity index (χ2v) is 5.45. The molecule has 0 radical (unpaired) electrons. The summed E-state index contributed by atoms with van der Waals surface area (Å²) in [5, 5.41) is 2.74. The van der Waals surface area contributed by atoms with Gasteiger partial charge in [-0.1, -0.05) is 30.3 Å². The van der Waals surface area contributed by atoms with Gasteiger partial charge in [-0.3, -0.25) is 4.79 Å². The largest absolute Gasteiger partial charge is 0.325 e. The molecule has 0 saturated carbocycles. The maximum atomic E-state index is 12.7. The van der Waals surface area contributed by atoms with Crippen LogP contribution >= 0.6 is 11.8 Å². The van der Waals surface area contributed by atoms with E-state index in [1.165, 1.54) is 17.7 Å². The molecule has 104 valence electrons. The molecule has 2 aromatic rings. The van der Waals surface area contributed by atoms with Crippen LogP contribution in [0.15, 0.2) is 54.6 Å². The lowest BCUT2D eigenvalue weighted by molar-refractivity contribution is -0.113. The molecule has 0 fully saturated rings. The molecule has 0 atom stereocenters. The minimum Gasteiger partial charge on any atom is -0.325 e. The highest BCUT2D eigenvalue weighted by atomic mass is 32.2. The number of anilines is 1. The lowest BCUT2D eigenvalue weighted by Crippen LogP contribution is -2.14. The molecule has 0 aliphatic heterocycles. The van der Waals surface area contributed by atoms with Crippen LogP contribution in [0, 0.1) is 5.82 Å². The first-order valence-corrected chi connectivity index (χ1v) is 7.56. The number of nitrogens with one attached hydrogen (secondary N) is 1. The van der Waals surface area contributed by atoms with Crippen molar-refractivity contribution in [1.82, 2.24) is 0 Å². The van der Waals surface area contributed by atoms with Crippen molar-refractivity contribution in [2.75, 3.05) is 16.8 Å². The van der Waals surface area contributed by atoms with Gasteiger partial charge in [0.05, 0.1) is 5.75 Å². The van der Waals surface area contributed by atoms with Crippen molar-refractivity contribution in [2.45, 2.75) is 6.42 Å². The molecule has 2 aromatic carbocycles. The van der Waals surface area contributed by atoms with Crippen molar-refractivity contribution < 1.29 is 9.18 Å². The molecule has 0 heterocycles. The molecular weight excluding hydrogens is 273 g/mol. The van der Waals surface area contributed by atoms with Crippen molar-refractivity contribution in [3.8, 4) is 0 Å². The normalized spacial score (nSPS) is 10.2. The summed E-state index contributed by atoms with van der Waals surface area (Å²) in [5.74, 6) is 0.945. The Morgan fingerprint density at radius 1 is 1.05 bits per heavy atom. The average Bonchev–Trinajstić information content (AvgIpc) is 2.47. The van der Waals surface area contributed by atoms with Crippen LogP contribution in [-0.2, 0) is 11.2 Å². The second kappa shape index (κ2) is 7.70. The van der Waals surface area contributed by atoms with Gasteiger partial charge in [-0.2, -0.15) is 11.8 Å². The molecule has 0 spiro atoms. The van der Waals surface area contributed by atoms with Gasteiger partial charge in [0.25, 0.3) is 0 Å². The van der Waals surface area contributed by atoms with Crippen LogP contribution in [0.25, 0.3) is 0 Å². The lowest BCUT2D eigenvalue weighted by Gasteiger charge is -2.05. The Balaban J connectivity index is 1.66. The van der Waals surface area contributed by atoms with Gasteiger partial charge >= 0.3 is 0 Å². The quantitative estimate of drug-likeness (QED) is 0.821. The number of hydrogen-bond acceptors (Lipinski definition) is 2. The highest BCUT2D eigenvalue weighted by Gasteiger charge is 2.02. The average molecular weight is 289 g/mol. The van der Waals surface area contributed by atoms with E-state index in [2.05, 4.69) is 17.4 Å². The summed E-state index contributed by atoms with van der Waals surface area (Å²) in [7, 11) is 0. The highest BCUT2D eigenvalue weighted by Crippen LogP contribution is 2.10. The fourth-order valence-corrected chi connectivity index (χ4v) is 2.51. The third-order valence-electron chi connectivity index (χ3n) is 2.74. The second-order valence-electron chi connectivity index (χ2n) is 4.34. The van der Waals surface area contributed by atoms with Crippen molar-refractivity contribution in [3.63, 3.8) is 0 Å². The van der Waals surface area contributed by atoms with Gasteiger partial charge in [-0.15, -0.1) is 0 Å². The Morgan fingerprint density at radius 2 is 1.75 bits per heavy atom. The Kier molecular flexibility index (Phi) is 5.62. The van der Waals surface area contributed by atoms with Crippen LogP contribution < -0.4 is 5.32 Å². The van der Waals surface area contributed by atoms with E-state index in [0.29, 0.717) is 11.4 Å². The molecule has 0 aromatic heterocycles. The van der Waals surface area contributed by atoms with Gasteiger partial charge in [0.1, 0.15) is 5.82 Å². The number of rotatable bonds is 6. The molecule has 0 unspecified atom stereocenters. The number of amides is 1. The Hall–Kier alpha value is -1.81. The van der Waals surface area contributed by atoms with Gasteiger partial charge in [0.2, 0.25) is 5.91 Å². The van der Waals surface area contributed by atoms with Gasteiger partial charge in [0, 0.05) is 5.69 Å². The molecule has 0 aliphatic carbocycles. The van der Waals surface area contributed by atoms with Gasteiger partial charge in [0.15, 0.2) is 0 Å². The molecule has 1 amide bonds. The number of thioether (sulfide) groups is 1. The topological polar surface area (TPSA) is 29.1 Å². The molecule has 2 nitrogen and oxygen atoms in total. The predicted molar refractivity (Wildman–Crippen MR) is 82.5 cm³/mol. The van der Waals surface area contributed by atoms with E-state index in [-0.39, 0.29) is 11.7 Å². The molecule has 2 rings (SSSR count). The summed E-state index contributed by atoms with van der Waals surface area (Å²) in [6.45, 7) is 0. The first kappa shape index (κ1) is 14.6. The van der Waals surface area contributed by atoms with Crippen LogP contribution in [0.3, 0.4) is 0 Å². The van der Waals surface area contributed by atoms with E-state index in [1.54, 1.807) is 23.9 Å². The monoisotopic (exact) mass is 289 g/mol. The first-order valence-electron chi connectivity index (χ1n) is 6.41. The maximum absolute atomic E-state index is 12.7. The fraction of sp³-hybridized carbons (Fsp3) is 0.188. The number of halogens is 1. The van der Waals surface area contributed by atoms with E-state index in [0.717, 1.165) is 12.2 Å². The number of carbonyl (C=O) groups excluding carboxylic acids is 1. The van der Waals surface area contributed by atoms with Crippen LogP contribution in [0.2, 0.25) is 0 Å². The molecule has 0 saturated heterocycles. The summed E-state index contributed by atoms with van der Waals surface area (Å²) < 4.78 is 12.7. The molecule has 1 N–H and O–H groups in total. The summed E-state index contributed by atoms with van der Waals surface area (Å²) in [6.07, 6.45) is 0.954. The van der Waals surface area contributed by atoms with E-state index in [1.807, 2.05) is 18.2 Å². The van der Waals surface area contributed by atoms with Gasteiger partial charge < -0.3 is 5.32 Å². The number of hydrogen-bond donors (Lipinski definition) is 1. The Labute approximate surface area is 122 Å². The summed E-state index contributed by atoms with van der Waals surface area (Å²) >= 11 is 1.59. The van der Waals surface area contributed by atoms with E-state index < -0.39 is 0 Å². The zero-order valence-electron chi connectivity index (χ0n) is 11.0. The molecule has 20 heavy (non-hydrogen) atoms. The zero-order chi connectivity index (χ0) is 14.2. The molecule has 0 bridgehead atoms. The number of aryl methyl sites for hydroxylation is 1. The smallest absolute Gasteiger partial charge is 0.234 e. The minimum atomic E-state index is -0.305. The first-order chi connectivity index (χ1) is 9.74.